The molecule has 1 amide bonds. The number of fused-ring (bicyclic) bond motifs is 2. The van der Waals surface area contributed by atoms with Crippen molar-refractivity contribution in [1.29, 1.82) is 0 Å². The van der Waals surface area contributed by atoms with E-state index in [1.807, 2.05) is 12.1 Å². The van der Waals surface area contributed by atoms with Crippen LogP contribution in [-0.4, -0.2) is 32.3 Å². The van der Waals surface area contributed by atoms with E-state index in [0.717, 1.165) is 23.8 Å². The molecule has 0 radical (unpaired) electrons. The summed E-state index contributed by atoms with van der Waals surface area (Å²) in [6, 6.07) is 9.88. The minimum Gasteiger partial charge on any atom is -0.327 e. The zero-order valence-electron chi connectivity index (χ0n) is 15.6. The van der Waals surface area contributed by atoms with Gasteiger partial charge in [-0.05, 0) is 17.7 Å². The summed E-state index contributed by atoms with van der Waals surface area (Å²) in [7, 11) is 0. The zero-order valence-corrected chi connectivity index (χ0v) is 16.4. The molecule has 0 saturated heterocycles. The van der Waals surface area contributed by atoms with Gasteiger partial charge in [-0.3, -0.25) is 25.0 Å². The number of hydrogen-bond donors (Lipinski definition) is 0. The van der Waals surface area contributed by atoms with Gasteiger partial charge < -0.3 is 4.90 Å². The molecule has 0 aliphatic carbocycles. The lowest BCUT2D eigenvalue weighted by Gasteiger charge is -2.21. The number of rotatable bonds is 3. The first-order chi connectivity index (χ1) is 14.8. The van der Waals surface area contributed by atoms with Gasteiger partial charge in [-0.25, -0.2) is 4.99 Å². The van der Waals surface area contributed by atoms with Crippen LogP contribution in [0.4, 0.5) is 11.4 Å². The van der Waals surface area contributed by atoms with Crippen molar-refractivity contribution < 1.29 is 14.6 Å². The van der Waals surface area contributed by atoms with E-state index in [1.54, 1.807) is 35.4 Å². The van der Waals surface area contributed by atoms with Crippen molar-refractivity contribution in [3.63, 3.8) is 0 Å². The van der Waals surface area contributed by atoms with E-state index >= 15 is 0 Å². The number of nitrogens with zero attached hydrogens (tertiary/aromatic N) is 5. The second-order valence-electron chi connectivity index (χ2n) is 6.60. The van der Waals surface area contributed by atoms with Crippen LogP contribution in [0.1, 0.15) is 21.5 Å². The number of amides is 1. The van der Waals surface area contributed by atoms with Crippen LogP contribution in [0.2, 0.25) is 0 Å². The molecule has 0 aromatic heterocycles. The van der Waals surface area contributed by atoms with Gasteiger partial charge in [0.05, 0.1) is 26.5 Å². The Kier molecular flexibility index (Phi) is 5.14. The molecule has 0 N–H and O–H groups in total. The molecule has 2 aromatic rings. The Morgan fingerprint density at radius 3 is 2.42 bits per heavy atom. The maximum Gasteiger partial charge on any atom is 0.279 e. The highest BCUT2D eigenvalue weighted by molar-refractivity contribution is 6.32. The third kappa shape index (κ3) is 4.09. The van der Waals surface area contributed by atoms with Crippen molar-refractivity contribution in [3.8, 4) is 0 Å². The fourth-order valence-corrected chi connectivity index (χ4v) is 3.32. The van der Waals surface area contributed by atoms with Crippen molar-refractivity contribution in [2.75, 3.05) is 0 Å². The molecular formula is C20H12ClN5O5. The molecule has 0 atom stereocenters. The van der Waals surface area contributed by atoms with Gasteiger partial charge in [-0.2, -0.15) is 4.99 Å². The van der Waals surface area contributed by atoms with Crippen LogP contribution in [0.5, 0.6) is 0 Å². The van der Waals surface area contributed by atoms with Gasteiger partial charge in [-0.15, -0.1) is 0 Å². The van der Waals surface area contributed by atoms with Gasteiger partial charge in [0.15, 0.2) is 5.84 Å². The molecule has 0 saturated carbocycles. The molecule has 11 heteroatoms. The summed E-state index contributed by atoms with van der Waals surface area (Å²) < 4.78 is 0. The van der Waals surface area contributed by atoms with Gasteiger partial charge in [0.1, 0.15) is 5.84 Å². The van der Waals surface area contributed by atoms with E-state index in [4.69, 9.17) is 11.6 Å². The van der Waals surface area contributed by atoms with Crippen LogP contribution in [0, 0.1) is 20.2 Å². The third-order valence-electron chi connectivity index (χ3n) is 4.56. The molecule has 0 bridgehead atoms. The summed E-state index contributed by atoms with van der Waals surface area (Å²) in [5.41, 5.74) is -0.0169. The van der Waals surface area contributed by atoms with E-state index in [9.17, 15) is 25.0 Å². The molecule has 154 valence electrons. The Morgan fingerprint density at radius 1 is 1.06 bits per heavy atom. The largest absolute Gasteiger partial charge is 0.327 e. The lowest BCUT2D eigenvalue weighted by Crippen LogP contribution is -2.25. The number of nitro benzene ring substituents is 2. The molecular weight excluding hydrogens is 426 g/mol. The minimum atomic E-state index is -0.886. The van der Waals surface area contributed by atoms with Gasteiger partial charge in [0, 0.05) is 30.4 Å². The van der Waals surface area contributed by atoms with E-state index in [-0.39, 0.29) is 11.4 Å². The topological polar surface area (TPSA) is 131 Å². The predicted molar refractivity (Wildman–Crippen MR) is 113 cm³/mol. The SMILES string of the molecule is O=C(N=C1N=C2C=CC(Cl)=CN2Cc2ccccc21)c1cc([N+](=O)[O-])cc([N+](=O)[O-])c1. The van der Waals surface area contributed by atoms with Gasteiger partial charge in [0.25, 0.3) is 17.3 Å². The van der Waals surface area contributed by atoms with Crippen LogP contribution in [0.15, 0.2) is 75.8 Å². The van der Waals surface area contributed by atoms with E-state index in [2.05, 4.69) is 9.98 Å². The van der Waals surface area contributed by atoms with Crippen molar-refractivity contribution in [3.05, 3.63) is 103 Å². The Bertz CT molecular complexity index is 1230. The van der Waals surface area contributed by atoms with Crippen LogP contribution in [-0.2, 0) is 6.54 Å². The Labute approximate surface area is 179 Å². The number of carbonyl (C=O) groups excluding carboxylic acids is 1. The normalized spacial score (nSPS) is 16.0. The summed E-state index contributed by atoms with van der Waals surface area (Å²) in [6.45, 7) is 0.436. The van der Waals surface area contributed by atoms with Crippen LogP contribution < -0.4 is 0 Å². The van der Waals surface area contributed by atoms with E-state index in [1.165, 1.54) is 0 Å². The number of aliphatic imine (C=N–C) groups is 2. The molecule has 2 aliphatic rings. The van der Waals surface area contributed by atoms with Crippen LogP contribution >= 0.6 is 11.6 Å². The zero-order chi connectivity index (χ0) is 22.1. The number of carbonyl (C=O) groups is 1. The van der Waals surface area contributed by atoms with Crippen molar-refractivity contribution in [1.82, 2.24) is 4.90 Å². The molecule has 4 rings (SSSR count). The van der Waals surface area contributed by atoms with Crippen molar-refractivity contribution in [2.45, 2.75) is 6.54 Å². The summed E-state index contributed by atoms with van der Waals surface area (Å²) in [5, 5.41) is 22.7. The second kappa shape index (κ2) is 7.92. The second-order valence-corrected chi connectivity index (χ2v) is 7.03. The maximum atomic E-state index is 12.8. The van der Waals surface area contributed by atoms with Gasteiger partial charge in [-0.1, -0.05) is 35.9 Å². The average molecular weight is 438 g/mol. The molecule has 2 heterocycles. The average Bonchev–Trinajstić information content (AvgIpc) is 2.89. The molecule has 0 unspecified atom stereocenters. The summed E-state index contributed by atoms with van der Waals surface area (Å²) >= 11 is 6.08. The monoisotopic (exact) mass is 437 g/mol. The third-order valence-corrected chi connectivity index (χ3v) is 4.79. The van der Waals surface area contributed by atoms with Gasteiger partial charge in [0.2, 0.25) is 0 Å². The van der Waals surface area contributed by atoms with E-state index in [0.29, 0.717) is 23.0 Å². The molecule has 0 spiro atoms. The van der Waals surface area contributed by atoms with Crippen molar-refractivity contribution >= 4 is 40.6 Å². The molecule has 2 aliphatic heterocycles. The quantitative estimate of drug-likeness (QED) is 0.527. The number of hydrogen-bond acceptors (Lipinski definition) is 6. The highest BCUT2D eigenvalue weighted by atomic mass is 35.5. The highest BCUT2D eigenvalue weighted by Crippen LogP contribution is 2.25. The smallest absolute Gasteiger partial charge is 0.279 e. The number of allylic oxidation sites excluding steroid dienone is 2. The summed E-state index contributed by atoms with van der Waals surface area (Å²) in [4.78, 5) is 43.8. The first kappa shape index (κ1) is 20.1. The standard InChI is InChI=1S/C20H12ClN5O5/c21-14-5-6-18-22-19(17-4-2-1-3-12(17)10-24(18)11-14)23-20(27)13-7-15(25(28)29)9-16(8-13)26(30)31/h1-9,11H,10H2. The van der Waals surface area contributed by atoms with Crippen LogP contribution in [0.25, 0.3) is 0 Å². The number of benzene rings is 2. The fraction of sp³-hybridized carbons (Fsp3) is 0.0500. The molecule has 10 nitrogen and oxygen atoms in total. The number of non-ortho nitro benzene ring substituents is 2. The fourth-order valence-electron chi connectivity index (χ4n) is 3.14. The maximum absolute atomic E-state index is 12.8. The Balaban J connectivity index is 1.83. The van der Waals surface area contributed by atoms with E-state index < -0.39 is 27.1 Å². The predicted octanol–water partition coefficient (Wildman–Crippen LogP) is 3.95. The number of nitro groups is 2. The first-order valence-electron chi connectivity index (χ1n) is 8.88. The molecule has 31 heavy (non-hydrogen) atoms. The lowest BCUT2D eigenvalue weighted by molar-refractivity contribution is -0.394. The number of halogens is 1. The van der Waals surface area contributed by atoms with Gasteiger partial charge >= 0.3 is 0 Å². The molecule has 0 fully saturated rings. The summed E-state index contributed by atoms with van der Waals surface area (Å²) in [6.07, 6.45) is 5.02. The first-order valence-corrected chi connectivity index (χ1v) is 9.25. The number of amidine groups is 2. The minimum absolute atomic E-state index is 0.0864. The Hall–Kier alpha value is -4.18. The van der Waals surface area contributed by atoms with Crippen LogP contribution in [0.3, 0.4) is 0 Å². The highest BCUT2D eigenvalue weighted by Gasteiger charge is 2.24. The van der Waals surface area contributed by atoms with Crippen molar-refractivity contribution in [2.24, 2.45) is 9.98 Å². The Morgan fingerprint density at radius 2 is 1.74 bits per heavy atom. The molecule has 2 aromatic carbocycles. The summed E-state index contributed by atoms with van der Waals surface area (Å²) in [5.74, 6) is -0.303. The lowest BCUT2D eigenvalue weighted by atomic mass is 10.1.